The van der Waals surface area contributed by atoms with Gasteiger partial charge in [0.05, 0.1) is 21.3 Å². The molecule has 0 unspecified atom stereocenters. The van der Waals surface area contributed by atoms with E-state index < -0.39 is 0 Å². The summed E-state index contributed by atoms with van der Waals surface area (Å²) in [6, 6.07) is 4.09. The third kappa shape index (κ3) is 4.71. The quantitative estimate of drug-likeness (QED) is 0.505. The minimum Gasteiger partial charge on any atom is -0.493 e. The van der Waals surface area contributed by atoms with E-state index in [0.717, 1.165) is 51.1 Å². The van der Waals surface area contributed by atoms with Crippen molar-refractivity contribution in [3.05, 3.63) is 17.7 Å². The first kappa shape index (κ1) is 22.1. The molecule has 0 aromatic heterocycles. The number of nitrogens with one attached hydrogen (secondary N) is 1. The molecule has 1 aliphatic heterocycles. The van der Waals surface area contributed by atoms with Crippen LogP contribution in [0.15, 0.2) is 17.1 Å². The Morgan fingerprint density at radius 3 is 2.13 bits per heavy atom. The second-order valence-electron chi connectivity index (χ2n) is 9.19. The number of methoxy groups -OCH3 is 3. The molecule has 4 rings (SSSR count). The van der Waals surface area contributed by atoms with Crippen LogP contribution in [0.3, 0.4) is 0 Å². The molecule has 2 saturated carbocycles. The number of nitrogens with zero attached hydrogens (tertiary/aromatic N) is 3. The van der Waals surface area contributed by atoms with Gasteiger partial charge in [-0.15, -0.1) is 0 Å². The first-order valence-electron chi connectivity index (χ1n) is 11.6. The van der Waals surface area contributed by atoms with Crippen molar-refractivity contribution >= 4 is 5.96 Å². The van der Waals surface area contributed by atoms with E-state index in [2.05, 4.69) is 20.1 Å². The Hall–Kier alpha value is -2.15. The van der Waals surface area contributed by atoms with E-state index in [0.29, 0.717) is 22.7 Å². The number of aliphatic imine (C=N–C) groups is 1. The maximum absolute atomic E-state index is 5.51. The minimum atomic E-state index is 0.560. The number of hydrogen-bond donors (Lipinski definition) is 1. The molecule has 1 saturated heterocycles. The zero-order valence-corrected chi connectivity index (χ0v) is 19.6. The predicted octanol–water partition coefficient (Wildman–Crippen LogP) is 2.99. The Morgan fingerprint density at radius 2 is 1.68 bits per heavy atom. The van der Waals surface area contributed by atoms with Crippen molar-refractivity contribution < 1.29 is 14.2 Å². The molecular weight excluding hydrogens is 392 g/mol. The molecule has 7 heteroatoms. The van der Waals surface area contributed by atoms with E-state index in [4.69, 9.17) is 14.2 Å². The summed E-state index contributed by atoms with van der Waals surface area (Å²) in [5.41, 5.74) is 1.73. The Labute approximate surface area is 186 Å². The van der Waals surface area contributed by atoms with Gasteiger partial charge in [-0.1, -0.05) is 6.42 Å². The van der Waals surface area contributed by atoms with Crippen LogP contribution in [0, 0.1) is 11.3 Å². The Kier molecular flexibility index (Phi) is 6.80. The average Bonchev–Trinajstić information content (AvgIpc) is 3.61. The van der Waals surface area contributed by atoms with Gasteiger partial charge in [-0.05, 0) is 54.7 Å². The van der Waals surface area contributed by atoms with Crippen LogP contribution >= 0.6 is 0 Å². The van der Waals surface area contributed by atoms with Crippen LogP contribution in [0.2, 0.25) is 0 Å². The number of guanidine groups is 1. The van der Waals surface area contributed by atoms with Crippen LogP contribution in [0.25, 0.3) is 0 Å². The highest BCUT2D eigenvalue weighted by Crippen LogP contribution is 2.56. The van der Waals surface area contributed by atoms with Crippen LogP contribution < -0.4 is 19.5 Å². The van der Waals surface area contributed by atoms with E-state index in [1.165, 1.54) is 37.7 Å². The van der Waals surface area contributed by atoms with Gasteiger partial charge < -0.3 is 24.4 Å². The lowest BCUT2D eigenvalue weighted by molar-refractivity contribution is 0.103. The molecule has 3 fully saturated rings. The third-order valence-electron chi connectivity index (χ3n) is 7.41. The van der Waals surface area contributed by atoms with Gasteiger partial charge in [0.1, 0.15) is 0 Å². The maximum Gasteiger partial charge on any atom is 0.203 e. The molecule has 1 heterocycles. The third-order valence-corrected chi connectivity index (χ3v) is 7.41. The van der Waals surface area contributed by atoms with Crippen LogP contribution in [-0.4, -0.2) is 76.9 Å². The van der Waals surface area contributed by atoms with Crippen molar-refractivity contribution in [2.45, 2.75) is 38.6 Å². The molecule has 0 radical (unpaired) electrons. The first-order valence-corrected chi connectivity index (χ1v) is 11.6. The van der Waals surface area contributed by atoms with Crippen LogP contribution in [0.4, 0.5) is 0 Å². The van der Waals surface area contributed by atoms with E-state index in [-0.39, 0.29) is 0 Å². The molecule has 3 aliphatic rings. The highest BCUT2D eigenvalue weighted by molar-refractivity contribution is 5.80. The molecule has 0 spiro atoms. The standard InChI is InChI=1S/C24H38N4O3/c1-25-23(26-17-24(8-5-9-24)19-6-7-19)28-12-10-27(11-13-28)16-18-14-20(29-2)22(31-4)21(15-18)30-3/h14-15,19H,5-13,16-17H2,1-4H3,(H,25,26). The van der Waals surface area contributed by atoms with E-state index in [9.17, 15) is 0 Å². The molecule has 0 bridgehead atoms. The van der Waals surface area contributed by atoms with Crippen molar-refractivity contribution in [2.75, 3.05) is 61.1 Å². The number of piperazine rings is 1. The fourth-order valence-electron chi connectivity index (χ4n) is 5.25. The van der Waals surface area contributed by atoms with E-state index in [1.807, 2.05) is 19.2 Å². The van der Waals surface area contributed by atoms with Gasteiger partial charge in [0.15, 0.2) is 17.5 Å². The molecule has 7 nitrogen and oxygen atoms in total. The largest absolute Gasteiger partial charge is 0.493 e. The van der Waals surface area contributed by atoms with Crippen molar-refractivity contribution in [2.24, 2.45) is 16.3 Å². The molecule has 1 N–H and O–H groups in total. The number of rotatable bonds is 8. The van der Waals surface area contributed by atoms with Gasteiger partial charge in [-0.2, -0.15) is 0 Å². The lowest BCUT2D eigenvalue weighted by atomic mass is 9.65. The van der Waals surface area contributed by atoms with Gasteiger partial charge in [-0.25, -0.2) is 0 Å². The Balaban J connectivity index is 1.31. The Bertz CT molecular complexity index is 756. The molecule has 0 amide bonds. The molecule has 2 aliphatic carbocycles. The Morgan fingerprint density at radius 1 is 1.03 bits per heavy atom. The summed E-state index contributed by atoms with van der Waals surface area (Å²) >= 11 is 0. The zero-order valence-electron chi connectivity index (χ0n) is 19.6. The molecule has 31 heavy (non-hydrogen) atoms. The van der Waals surface area contributed by atoms with Crippen molar-refractivity contribution in [3.63, 3.8) is 0 Å². The lowest BCUT2D eigenvalue weighted by Crippen LogP contribution is -2.54. The smallest absolute Gasteiger partial charge is 0.203 e. The van der Waals surface area contributed by atoms with Gasteiger partial charge in [0, 0.05) is 46.3 Å². The second kappa shape index (κ2) is 9.55. The maximum atomic E-state index is 5.51. The van der Waals surface area contributed by atoms with Crippen LogP contribution in [-0.2, 0) is 6.54 Å². The zero-order chi connectivity index (χ0) is 21.8. The van der Waals surface area contributed by atoms with Crippen molar-refractivity contribution in [1.82, 2.24) is 15.1 Å². The summed E-state index contributed by atoms with van der Waals surface area (Å²) in [6.07, 6.45) is 7.05. The van der Waals surface area contributed by atoms with Gasteiger partial charge in [0.2, 0.25) is 5.75 Å². The fraction of sp³-hybridized carbons (Fsp3) is 0.708. The van der Waals surface area contributed by atoms with Crippen LogP contribution in [0.1, 0.15) is 37.7 Å². The van der Waals surface area contributed by atoms with E-state index >= 15 is 0 Å². The SMILES string of the molecule is CN=C(NCC1(C2CC2)CCC1)N1CCN(Cc2cc(OC)c(OC)c(OC)c2)CC1. The summed E-state index contributed by atoms with van der Waals surface area (Å²) in [7, 11) is 6.87. The topological polar surface area (TPSA) is 58.6 Å². The molecular formula is C24H38N4O3. The summed E-state index contributed by atoms with van der Waals surface area (Å²) < 4.78 is 16.5. The molecule has 1 aromatic carbocycles. The normalized spacial score (nSPS) is 21.4. The fourth-order valence-corrected chi connectivity index (χ4v) is 5.25. The van der Waals surface area contributed by atoms with Crippen molar-refractivity contribution in [1.29, 1.82) is 0 Å². The second-order valence-corrected chi connectivity index (χ2v) is 9.19. The summed E-state index contributed by atoms with van der Waals surface area (Å²) in [5, 5.41) is 3.72. The highest BCUT2D eigenvalue weighted by Gasteiger charge is 2.48. The molecule has 1 aromatic rings. The number of hydrogen-bond acceptors (Lipinski definition) is 5. The van der Waals surface area contributed by atoms with Crippen molar-refractivity contribution in [3.8, 4) is 17.2 Å². The predicted molar refractivity (Wildman–Crippen MR) is 123 cm³/mol. The highest BCUT2D eigenvalue weighted by atomic mass is 16.5. The monoisotopic (exact) mass is 430 g/mol. The van der Waals surface area contributed by atoms with Gasteiger partial charge in [0.25, 0.3) is 0 Å². The molecule has 0 atom stereocenters. The summed E-state index contributed by atoms with van der Waals surface area (Å²) in [5.74, 6) is 4.09. The lowest BCUT2D eigenvalue weighted by Gasteiger charge is -2.44. The number of benzene rings is 1. The summed E-state index contributed by atoms with van der Waals surface area (Å²) in [4.78, 5) is 9.47. The van der Waals surface area contributed by atoms with Gasteiger partial charge >= 0.3 is 0 Å². The minimum absolute atomic E-state index is 0.560. The van der Waals surface area contributed by atoms with Crippen LogP contribution in [0.5, 0.6) is 17.2 Å². The number of ether oxygens (including phenoxy) is 3. The molecule has 172 valence electrons. The first-order chi connectivity index (χ1) is 15.1. The average molecular weight is 431 g/mol. The van der Waals surface area contributed by atoms with E-state index in [1.54, 1.807) is 21.3 Å². The summed E-state index contributed by atoms with van der Waals surface area (Å²) in [6.45, 7) is 5.94. The van der Waals surface area contributed by atoms with Gasteiger partial charge in [-0.3, -0.25) is 9.89 Å².